The number of hydrogen-bond donors (Lipinski definition) is 3. The SMILES string of the molecule is CNC(=O)CNc1cc(OC)ccc1C(N)=S. The minimum Gasteiger partial charge on any atom is -0.497 e. The first-order chi connectivity index (χ1) is 8.08. The van der Waals surface area contributed by atoms with Crippen LogP contribution >= 0.6 is 12.2 Å². The molecule has 17 heavy (non-hydrogen) atoms. The molecule has 0 fully saturated rings. The summed E-state index contributed by atoms with van der Waals surface area (Å²) in [7, 11) is 3.14. The Morgan fingerprint density at radius 2 is 2.24 bits per heavy atom. The summed E-state index contributed by atoms with van der Waals surface area (Å²) >= 11 is 4.93. The van der Waals surface area contributed by atoms with Crippen LogP contribution in [-0.2, 0) is 4.79 Å². The molecule has 1 aromatic carbocycles. The lowest BCUT2D eigenvalue weighted by Gasteiger charge is -2.12. The van der Waals surface area contributed by atoms with Gasteiger partial charge in [-0.2, -0.15) is 0 Å². The number of carbonyl (C=O) groups excluding carboxylic acids is 1. The second-order valence-corrected chi connectivity index (χ2v) is 3.74. The molecule has 0 aliphatic rings. The number of likely N-dealkylation sites (N-methyl/N-ethyl adjacent to an activating group) is 1. The average Bonchev–Trinajstić information content (AvgIpc) is 2.35. The van der Waals surface area contributed by atoms with E-state index in [4.69, 9.17) is 22.7 Å². The van der Waals surface area contributed by atoms with E-state index in [0.29, 0.717) is 17.0 Å². The second kappa shape index (κ2) is 6.05. The van der Waals surface area contributed by atoms with Gasteiger partial charge in [-0.1, -0.05) is 12.2 Å². The van der Waals surface area contributed by atoms with Crippen LogP contribution in [-0.4, -0.2) is 31.6 Å². The molecule has 92 valence electrons. The molecule has 0 radical (unpaired) electrons. The van der Waals surface area contributed by atoms with Crippen LogP contribution in [0.4, 0.5) is 5.69 Å². The van der Waals surface area contributed by atoms with E-state index < -0.39 is 0 Å². The van der Waals surface area contributed by atoms with E-state index in [1.165, 1.54) is 0 Å². The Bertz CT molecular complexity index is 435. The van der Waals surface area contributed by atoms with Crippen LogP contribution in [0, 0.1) is 0 Å². The van der Waals surface area contributed by atoms with Crippen LogP contribution < -0.4 is 21.1 Å². The molecule has 0 aromatic heterocycles. The lowest BCUT2D eigenvalue weighted by atomic mass is 10.1. The van der Waals surface area contributed by atoms with Gasteiger partial charge in [-0.25, -0.2) is 0 Å². The highest BCUT2D eigenvalue weighted by Crippen LogP contribution is 2.22. The highest BCUT2D eigenvalue weighted by Gasteiger charge is 2.07. The predicted octanol–water partition coefficient (Wildman–Crippen LogP) is 0.487. The fourth-order valence-corrected chi connectivity index (χ4v) is 1.45. The highest BCUT2D eigenvalue weighted by molar-refractivity contribution is 7.80. The van der Waals surface area contributed by atoms with Crippen molar-refractivity contribution >= 4 is 28.8 Å². The highest BCUT2D eigenvalue weighted by atomic mass is 32.1. The van der Waals surface area contributed by atoms with E-state index in [2.05, 4.69) is 10.6 Å². The molecular weight excluding hydrogens is 238 g/mol. The number of hydrogen-bond acceptors (Lipinski definition) is 4. The van der Waals surface area contributed by atoms with Crippen molar-refractivity contribution in [3.8, 4) is 5.75 Å². The van der Waals surface area contributed by atoms with Crippen molar-refractivity contribution in [1.29, 1.82) is 0 Å². The Balaban J connectivity index is 2.93. The van der Waals surface area contributed by atoms with Gasteiger partial charge in [0.1, 0.15) is 10.7 Å². The third kappa shape index (κ3) is 3.60. The molecule has 0 aliphatic heterocycles. The predicted molar refractivity (Wildman–Crippen MR) is 71.4 cm³/mol. The largest absolute Gasteiger partial charge is 0.497 e. The van der Waals surface area contributed by atoms with Crippen LogP contribution in [0.2, 0.25) is 0 Å². The molecule has 0 saturated carbocycles. The van der Waals surface area contributed by atoms with E-state index in [9.17, 15) is 4.79 Å². The molecule has 0 heterocycles. The maximum Gasteiger partial charge on any atom is 0.239 e. The fraction of sp³-hybridized carbons (Fsp3) is 0.273. The number of amides is 1. The van der Waals surface area contributed by atoms with Gasteiger partial charge < -0.3 is 21.1 Å². The molecule has 5 nitrogen and oxygen atoms in total. The first-order valence-electron chi connectivity index (χ1n) is 5.00. The summed E-state index contributed by atoms with van der Waals surface area (Å²) in [6.07, 6.45) is 0. The van der Waals surface area contributed by atoms with Gasteiger partial charge in [0, 0.05) is 24.4 Å². The maximum atomic E-state index is 11.2. The van der Waals surface area contributed by atoms with E-state index in [-0.39, 0.29) is 17.4 Å². The third-order valence-electron chi connectivity index (χ3n) is 2.21. The van der Waals surface area contributed by atoms with E-state index in [0.717, 1.165) is 0 Å². The van der Waals surface area contributed by atoms with Gasteiger partial charge in [-0.05, 0) is 12.1 Å². The molecule has 0 aliphatic carbocycles. The van der Waals surface area contributed by atoms with Gasteiger partial charge in [0.2, 0.25) is 5.91 Å². The molecule has 0 unspecified atom stereocenters. The quantitative estimate of drug-likeness (QED) is 0.666. The minimum absolute atomic E-state index is 0.123. The zero-order chi connectivity index (χ0) is 12.8. The summed E-state index contributed by atoms with van der Waals surface area (Å²) in [6.45, 7) is 0.152. The first-order valence-corrected chi connectivity index (χ1v) is 5.41. The summed E-state index contributed by atoms with van der Waals surface area (Å²) in [5, 5.41) is 5.48. The maximum absolute atomic E-state index is 11.2. The number of rotatable bonds is 5. The van der Waals surface area contributed by atoms with E-state index in [1.807, 2.05) is 0 Å². The van der Waals surface area contributed by atoms with Gasteiger partial charge in [-0.3, -0.25) is 4.79 Å². The average molecular weight is 253 g/mol. The van der Waals surface area contributed by atoms with Crippen LogP contribution in [0.25, 0.3) is 0 Å². The van der Waals surface area contributed by atoms with Crippen molar-refractivity contribution in [1.82, 2.24) is 5.32 Å². The fourth-order valence-electron chi connectivity index (χ4n) is 1.28. The standard InChI is InChI=1S/C11H15N3O2S/c1-13-10(15)6-14-9-5-7(16-2)3-4-8(9)11(12)17/h3-5,14H,6H2,1-2H3,(H2,12,17)(H,13,15). The number of carbonyl (C=O) groups is 1. The zero-order valence-corrected chi connectivity index (χ0v) is 10.6. The molecule has 1 amide bonds. The number of anilines is 1. The minimum atomic E-state index is -0.123. The summed E-state index contributed by atoms with van der Waals surface area (Å²) in [4.78, 5) is 11.4. The number of thiocarbonyl (C=S) groups is 1. The van der Waals surface area contributed by atoms with Crippen molar-refractivity contribution in [2.24, 2.45) is 5.73 Å². The smallest absolute Gasteiger partial charge is 0.239 e. The van der Waals surface area contributed by atoms with Gasteiger partial charge in [0.25, 0.3) is 0 Å². The van der Waals surface area contributed by atoms with E-state index >= 15 is 0 Å². The number of nitrogens with two attached hydrogens (primary N) is 1. The van der Waals surface area contributed by atoms with Crippen LogP contribution in [0.15, 0.2) is 18.2 Å². The van der Waals surface area contributed by atoms with Crippen molar-refractivity contribution in [3.63, 3.8) is 0 Å². The Morgan fingerprint density at radius 3 is 2.76 bits per heavy atom. The van der Waals surface area contributed by atoms with Gasteiger partial charge in [-0.15, -0.1) is 0 Å². The first kappa shape index (κ1) is 13.2. The number of methoxy groups -OCH3 is 1. The van der Waals surface area contributed by atoms with Crippen molar-refractivity contribution in [2.75, 3.05) is 26.0 Å². The molecule has 0 spiro atoms. The molecule has 1 aromatic rings. The number of ether oxygens (including phenoxy) is 1. The van der Waals surface area contributed by atoms with Crippen molar-refractivity contribution in [2.45, 2.75) is 0 Å². The zero-order valence-electron chi connectivity index (χ0n) is 9.74. The summed E-state index contributed by atoms with van der Waals surface area (Å²) < 4.78 is 5.10. The Kier molecular flexibility index (Phi) is 4.71. The van der Waals surface area contributed by atoms with Gasteiger partial charge in [0.05, 0.1) is 13.7 Å². The molecule has 1 rings (SSSR count). The lowest BCUT2D eigenvalue weighted by molar-refractivity contribution is -0.118. The molecule has 0 atom stereocenters. The van der Waals surface area contributed by atoms with Crippen molar-refractivity contribution < 1.29 is 9.53 Å². The normalized spacial score (nSPS) is 9.53. The molecular formula is C11H15N3O2S. The van der Waals surface area contributed by atoms with Gasteiger partial charge in [0.15, 0.2) is 0 Å². The Hall–Kier alpha value is -1.82. The second-order valence-electron chi connectivity index (χ2n) is 3.30. The monoisotopic (exact) mass is 253 g/mol. The third-order valence-corrected chi connectivity index (χ3v) is 2.43. The lowest BCUT2D eigenvalue weighted by Crippen LogP contribution is -2.27. The topological polar surface area (TPSA) is 76.4 Å². The van der Waals surface area contributed by atoms with Crippen LogP contribution in [0.3, 0.4) is 0 Å². The number of nitrogens with one attached hydrogen (secondary N) is 2. The molecule has 0 bridgehead atoms. The Labute approximate surface area is 105 Å². The van der Waals surface area contributed by atoms with Crippen LogP contribution in [0.5, 0.6) is 5.75 Å². The van der Waals surface area contributed by atoms with Crippen LogP contribution in [0.1, 0.15) is 5.56 Å². The summed E-state index contributed by atoms with van der Waals surface area (Å²) in [5.74, 6) is 0.547. The molecule has 4 N–H and O–H groups in total. The van der Waals surface area contributed by atoms with E-state index in [1.54, 1.807) is 32.4 Å². The Morgan fingerprint density at radius 1 is 1.53 bits per heavy atom. The summed E-state index contributed by atoms with van der Waals surface area (Å²) in [5.41, 5.74) is 6.96. The van der Waals surface area contributed by atoms with Crippen molar-refractivity contribution in [3.05, 3.63) is 23.8 Å². The number of benzene rings is 1. The molecule has 0 saturated heterocycles. The van der Waals surface area contributed by atoms with Gasteiger partial charge >= 0.3 is 0 Å². The summed E-state index contributed by atoms with van der Waals surface area (Å²) in [6, 6.07) is 5.27. The molecule has 6 heteroatoms.